The maximum absolute atomic E-state index is 13.4. The first kappa shape index (κ1) is 85.4. The van der Waals surface area contributed by atoms with Gasteiger partial charge in [0.15, 0.2) is 25.2 Å². The van der Waals surface area contributed by atoms with Crippen LogP contribution in [0.15, 0.2) is 0 Å². The lowest BCUT2D eigenvalue weighted by molar-refractivity contribution is -0.397. The number of rotatable bonds is 32. The molecule has 0 bridgehead atoms. The molecule has 6 saturated heterocycles. The molecule has 6 heterocycles. The standard InChI is InChI=1S/C56H94N4O41/c1-15-32(76)38(82)39(83)50(91-15)97-46-31(60-19(5)70)49(94-28(13-66)43(46)96-52-41(85)48(37(81)27(12-65)93-52)101-56(54(88)89)7-22(72)30(59-18(4)69)45(100-56)34(78)24(74)10-63)98-47-36(80)26(11-64)92-51(40(47)84)95-42(20(8-61)57-16(2)67)35(79)25(75)14-90-55(53(86)87)6-21(71)29(58-17(3)68)44(99-55)33(77)23(73)9-62/h15,20-52,61-66,71-85H,6-14H2,1-5H3,(H,57,67)(H,58,68)(H,59,69)(H,60,70)(H,86,87)(H,88,89)/t15-,20-,21-,22-,23+,24+,25+,26+,27+,28+,29+,30+,31+,32+,33+,34+,35-,36-,37-,38+,39-,40+,41+,42+,43+,44+,45+,46+,47-,48-,49-,50-,51-,52-,55+,56-/m0/s1. The van der Waals surface area contributed by atoms with Crippen molar-refractivity contribution in [1.29, 1.82) is 0 Å². The number of carboxylic acids is 2. The average Bonchev–Trinajstić information content (AvgIpc) is 0.758. The number of aliphatic carboxylic acids is 2. The molecule has 0 radical (unpaired) electrons. The summed E-state index contributed by atoms with van der Waals surface area (Å²) in [7, 11) is 0. The second-order valence-corrected chi connectivity index (χ2v) is 25.1. The Bertz CT molecular complexity index is 2700. The van der Waals surface area contributed by atoms with E-state index in [9.17, 15) is 146 Å². The van der Waals surface area contributed by atoms with Crippen molar-refractivity contribution in [3.63, 3.8) is 0 Å². The van der Waals surface area contributed by atoms with Gasteiger partial charge in [0.25, 0.3) is 11.6 Å². The molecule has 0 aliphatic carbocycles. The minimum atomic E-state index is -3.33. The van der Waals surface area contributed by atoms with Gasteiger partial charge in [0, 0.05) is 40.5 Å². The van der Waals surface area contributed by atoms with E-state index in [0.29, 0.717) is 0 Å². The van der Waals surface area contributed by atoms with Gasteiger partial charge in [-0.3, -0.25) is 19.2 Å². The molecule has 0 saturated carbocycles. The lowest BCUT2D eigenvalue weighted by Gasteiger charge is -2.52. The molecular formula is C56H94N4O41. The first-order valence-electron chi connectivity index (χ1n) is 31.6. The SMILES string of the molecule is CC(=O)N[C@H]1[C@H](O[C@H]2[C@@H](O)[C@@H](CO)O[C@@H](O[C@@H]([C@@H](O)[C@H](O)CO[C@]3(C(=O)O)C[C@H](O)[C@@H](NC(C)=O)[C@H]([C@H](O)[C@H](O)CO)O3)[C@H](CO)NC(C)=O)[C@@H]2O)O[C@H](CO)[C@@H](O[C@@H]2O[C@H](CO)[C@H](O)[C@H](O[C@]3(C(=O)O)C[C@H](O)[C@@H](NC(C)=O)[C@H]([C@H](O)[C@H](O)CO)O3)[C@H]2O)[C@@H]1O[C@@H]1O[C@@H](C)[C@@H](O)[C@@H](O)[C@@H]1O. The van der Waals surface area contributed by atoms with Crippen LogP contribution in [-0.4, -0.2) is 419 Å². The van der Waals surface area contributed by atoms with Gasteiger partial charge in [0.2, 0.25) is 23.6 Å². The van der Waals surface area contributed by atoms with Crippen molar-refractivity contribution in [2.75, 3.05) is 46.2 Å². The highest BCUT2D eigenvalue weighted by Gasteiger charge is 2.63. The van der Waals surface area contributed by atoms with Gasteiger partial charge in [-0.25, -0.2) is 9.59 Å². The summed E-state index contributed by atoms with van der Waals surface area (Å²) in [5, 5.41) is 261. The van der Waals surface area contributed by atoms with E-state index >= 15 is 0 Å². The summed E-state index contributed by atoms with van der Waals surface area (Å²) in [5.74, 6) is -14.5. The Labute approximate surface area is 572 Å². The molecule has 0 aromatic rings. The molecule has 6 aliphatic heterocycles. The number of ether oxygens (including phenoxy) is 12. The molecule has 27 N–H and O–H groups in total. The van der Waals surface area contributed by atoms with Crippen LogP contribution in [0.1, 0.15) is 47.5 Å². The van der Waals surface area contributed by atoms with E-state index in [1.165, 1.54) is 6.92 Å². The highest BCUT2D eigenvalue weighted by molar-refractivity contribution is 5.77. The summed E-state index contributed by atoms with van der Waals surface area (Å²) in [5.41, 5.74) is 0. The largest absolute Gasteiger partial charge is 0.477 e. The third-order valence-corrected chi connectivity index (χ3v) is 17.7. The molecule has 6 aliphatic rings. The number of carbonyl (C=O) groups excluding carboxylic acids is 4. The maximum Gasteiger partial charge on any atom is 0.364 e. The Balaban J connectivity index is 1.37. The summed E-state index contributed by atoms with van der Waals surface area (Å²) in [6.45, 7) is -3.90. The minimum Gasteiger partial charge on any atom is -0.477 e. The first-order chi connectivity index (χ1) is 47.3. The molecule has 6 rings (SSSR count). The van der Waals surface area contributed by atoms with Gasteiger partial charge in [-0.2, -0.15) is 0 Å². The predicted molar refractivity (Wildman–Crippen MR) is 313 cm³/mol. The highest BCUT2D eigenvalue weighted by atomic mass is 16.8. The molecule has 0 spiro atoms. The summed E-state index contributed by atoms with van der Waals surface area (Å²) in [6.07, 6.45) is -68.9. The summed E-state index contributed by atoms with van der Waals surface area (Å²) < 4.78 is 70.2. The Morgan fingerprint density at radius 1 is 0.465 bits per heavy atom. The third-order valence-electron chi connectivity index (χ3n) is 17.7. The highest BCUT2D eigenvalue weighted by Crippen LogP contribution is 2.41. The molecule has 45 nitrogen and oxygen atoms in total. The van der Waals surface area contributed by atoms with Crippen LogP contribution >= 0.6 is 0 Å². The lowest BCUT2D eigenvalue weighted by atomic mass is 9.88. The molecule has 36 atom stereocenters. The van der Waals surface area contributed by atoms with Crippen LogP contribution < -0.4 is 21.3 Å². The second kappa shape index (κ2) is 36.7. The predicted octanol–water partition coefficient (Wildman–Crippen LogP) is -16.6. The normalized spacial score (nSPS) is 41.6. The molecule has 0 aromatic carbocycles. The van der Waals surface area contributed by atoms with Gasteiger partial charge in [0.1, 0.15) is 146 Å². The number of hydrogen-bond donors (Lipinski definition) is 27. The number of carboxylic acid groups (broad SMARTS) is 2. The van der Waals surface area contributed by atoms with E-state index in [1.54, 1.807) is 0 Å². The smallest absolute Gasteiger partial charge is 0.364 e. The van der Waals surface area contributed by atoms with E-state index in [0.717, 1.165) is 27.7 Å². The average molecular weight is 1480 g/mol. The molecule has 6 fully saturated rings. The van der Waals surface area contributed by atoms with E-state index in [2.05, 4.69) is 21.3 Å². The van der Waals surface area contributed by atoms with Gasteiger partial charge < -0.3 is 196 Å². The van der Waals surface area contributed by atoms with Crippen LogP contribution in [0.25, 0.3) is 0 Å². The maximum atomic E-state index is 13.4. The Kier molecular flexibility index (Phi) is 31.0. The monoisotopic (exact) mass is 1480 g/mol. The van der Waals surface area contributed by atoms with Crippen molar-refractivity contribution >= 4 is 35.6 Å². The van der Waals surface area contributed by atoms with Crippen LogP contribution in [0.4, 0.5) is 0 Å². The Morgan fingerprint density at radius 3 is 1.38 bits per heavy atom. The minimum absolute atomic E-state index is 0.850. The zero-order valence-corrected chi connectivity index (χ0v) is 54.6. The Hall–Kier alpha value is -4.50. The van der Waals surface area contributed by atoms with Crippen molar-refractivity contribution in [1.82, 2.24) is 21.3 Å². The van der Waals surface area contributed by atoms with Gasteiger partial charge in [0.05, 0.1) is 82.7 Å². The molecule has 584 valence electrons. The number of hydrogen-bond acceptors (Lipinski definition) is 39. The molecule has 0 aromatic heterocycles. The van der Waals surface area contributed by atoms with E-state index in [-0.39, 0.29) is 0 Å². The molecule has 4 amide bonds. The third kappa shape index (κ3) is 19.6. The summed E-state index contributed by atoms with van der Waals surface area (Å²) >= 11 is 0. The van der Waals surface area contributed by atoms with Crippen LogP contribution in [0.3, 0.4) is 0 Å². The number of aliphatic hydroxyl groups is 21. The fourth-order valence-electron chi connectivity index (χ4n) is 12.4. The van der Waals surface area contributed by atoms with Crippen LogP contribution in [0, 0.1) is 0 Å². The quantitative estimate of drug-likeness (QED) is 0.0297. The van der Waals surface area contributed by atoms with Crippen molar-refractivity contribution in [2.24, 2.45) is 0 Å². The van der Waals surface area contributed by atoms with Gasteiger partial charge in [-0.1, -0.05) is 0 Å². The van der Waals surface area contributed by atoms with Crippen LogP contribution in [0.2, 0.25) is 0 Å². The zero-order valence-electron chi connectivity index (χ0n) is 54.6. The molecular weight excluding hydrogens is 1380 g/mol. The van der Waals surface area contributed by atoms with Crippen molar-refractivity contribution < 1.29 is 203 Å². The fraction of sp³-hybridized carbons (Fsp3) is 0.893. The van der Waals surface area contributed by atoms with Gasteiger partial charge in [-0.15, -0.1) is 0 Å². The van der Waals surface area contributed by atoms with E-state index in [1.807, 2.05) is 0 Å². The lowest BCUT2D eigenvalue weighted by Crippen LogP contribution is -2.72. The topological polar surface area (TPSA) is 727 Å². The zero-order chi connectivity index (χ0) is 75.8. The van der Waals surface area contributed by atoms with E-state index in [4.69, 9.17) is 56.8 Å². The second-order valence-electron chi connectivity index (χ2n) is 25.1. The molecule has 45 heteroatoms. The van der Waals surface area contributed by atoms with Crippen LogP contribution in [0.5, 0.6) is 0 Å². The Morgan fingerprint density at radius 2 is 0.901 bits per heavy atom. The van der Waals surface area contributed by atoms with Gasteiger partial charge >= 0.3 is 11.9 Å². The number of nitrogens with one attached hydrogen (secondary N) is 4. The van der Waals surface area contributed by atoms with Crippen molar-refractivity contribution in [3.8, 4) is 0 Å². The van der Waals surface area contributed by atoms with Crippen molar-refractivity contribution in [2.45, 2.75) is 267 Å². The van der Waals surface area contributed by atoms with Crippen LogP contribution in [-0.2, 0) is 85.6 Å². The van der Waals surface area contributed by atoms with Gasteiger partial charge in [-0.05, 0) is 6.92 Å². The number of amides is 4. The first-order valence-corrected chi connectivity index (χ1v) is 31.6. The number of carbonyl (C=O) groups is 6. The van der Waals surface area contributed by atoms with E-state index < -0.39 is 314 Å². The molecule has 101 heavy (non-hydrogen) atoms. The fourth-order valence-corrected chi connectivity index (χ4v) is 12.4. The molecule has 0 unspecified atom stereocenters. The number of aliphatic hydroxyl groups excluding tert-OH is 21. The van der Waals surface area contributed by atoms with Crippen molar-refractivity contribution in [3.05, 3.63) is 0 Å². The summed E-state index contributed by atoms with van der Waals surface area (Å²) in [4.78, 5) is 76.5. The summed E-state index contributed by atoms with van der Waals surface area (Å²) in [6, 6.07) is -7.45.